The number of fused-ring (bicyclic) bond motifs is 1. The van der Waals surface area contributed by atoms with E-state index in [1.54, 1.807) is 37.3 Å². The van der Waals surface area contributed by atoms with Crippen LogP contribution in [0.2, 0.25) is 0 Å². The predicted octanol–water partition coefficient (Wildman–Crippen LogP) is 2.91. The van der Waals surface area contributed by atoms with E-state index in [-0.39, 0.29) is 11.9 Å². The van der Waals surface area contributed by atoms with Crippen LogP contribution in [0.15, 0.2) is 42.5 Å². The molecule has 1 fully saturated rings. The van der Waals surface area contributed by atoms with E-state index in [9.17, 15) is 9.59 Å². The lowest BCUT2D eigenvalue weighted by molar-refractivity contribution is 0.0815. The normalized spacial score (nSPS) is 17.2. The second-order valence-corrected chi connectivity index (χ2v) is 7.55. The van der Waals surface area contributed by atoms with Crippen LogP contribution in [0, 0.1) is 0 Å². The number of likely N-dealkylation sites (tertiary alicyclic amines) is 1. The molecule has 0 aliphatic carbocycles. The number of urea groups is 1. The zero-order chi connectivity index (χ0) is 21.3. The molecule has 8 heteroatoms. The molecular weight excluding hydrogens is 384 g/mol. The molecule has 0 aromatic heterocycles. The molecule has 2 aromatic rings. The number of nitrogens with one attached hydrogen (secondary N) is 2. The first kappa shape index (κ1) is 19.9. The van der Waals surface area contributed by atoms with Gasteiger partial charge < -0.3 is 29.9 Å². The van der Waals surface area contributed by atoms with Crippen molar-refractivity contribution >= 4 is 23.3 Å². The van der Waals surface area contributed by atoms with Crippen molar-refractivity contribution in [1.29, 1.82) is 0 Å². The van der Waals surface area contributed by atoms with Gasteiger partial charge in [0.2, 0.25) is 0 Å². The molecule has 2 aliphatic rings. The number of carbonyl (C=O) groups is 2. The van der Waals surface area contributed by atoms with Crippen molar-refractivity contribution in [3.8, 4) is 11.5 Å². The van der Waals surface area contributed by atoms with E-state index in [0.29, 0.717) is 48.7 Å². The van der Waals surface area contributed by atoms with E-state index in [4.69, 9.17) is 9.47 Å². The van der Waals surface area contributed by atoms with Crippen LogP contribution >= 0.6 is 0 Å². The van der Waals surface area contributed by atoms with Crippen LogP contribution in [0.25, 0.3) is 0 Å². The molecule has 0 unspecified atom stereocenters. The number of methoxy groups -OCH3 is 2. The number of benzene rings is 2. The summed E-state index contributed by atoms with van der Waals surface area (Å²) in [4.78, 5) is 29.4. The Labute approximate surface area is 175 Å². The number of anilines is 2. The highest BCUT2D eigenvalue weighted by Gasteiger charge is 2.44. The topological polar surface area (TPSA) is 83.1 Å². The lowest BCUT2D eigenvalue weighted by Crippen LogP contribution is -2.67. The summed E-state index contributed by atoms with van der Waals surface area (Å²) in [5.41, 5.74) is 1.69. The van der Waals surface area contributed by atoms with Gasteiger partial charge in [-0.05, 0) is 24.3 Å². The number of carbonyl (C=O) groups excluding carboxylic acids is 2. The van der Waals surface area contributed by atoms with Gasteiger partial charge in [0.25, 0.3) is 5.91 Å². The fourth-order valence-corrected chi connectivity index (χ4v) is 4.19. The summed E-state index contributed by atoms with van der Waals surface area (Å²) in [5.74, 6) is 1.12. The van der Waals surface area contributed by atoms with Crippen molar-refractivity contribution in [2.45, 2.75) is 18.5 Å². The van der Waals surface area contributed by atoms with Gasteiger partial charge in [-0.1, -0.05) is 12.1 Å². The summed E-state index contributed by atoms with van der Waals surface area (Å²) in [6.45, 7) is 1.05. The van der Waals surface area contributed by atoms with Crippen LogP contribution in [0.3, 0.4) is 0 Å². The Kier molecular flexibility index (Phi) is 5.15. The number of hydrogen-bond acceptors (Lipinski definition) is 5. The summed E-state index contributed by atoms with van der Waals surface area (Å²) in [5, 5.41) is 6.09. The number of amides is 3. The molecule has 1 spiro atoms. The van der Waals surface area contributed by atoms with Crippen LogP contribution in [0.5, 0.6) is 11.5 Å². The summed E-state index contributed by atoms with van der Waals surface area (Å²) in [6.07, 6.45) is 1.27. The molecule has 0 saturated carbocycles. The molecule has 0 atom stereocenters. The van der Waals surface area contributed by atoms with E-state index in [1.165, 1.54) is 0 Å². The van der Waals surface area contributed by atoms with Crippen LogP contribution in [0.1, 0.15) is 23.2 Å². The maximum absolute atomic E-state index is 12.8. The summed E-state index contributed by atoms with van der Waals surface area (Å²) >= 11 is 0. The van der Waals surface area contributed by atoms with Gasteiger partial charge in [-0.25, -0.2) is 4.79 Å². The van der Waals surface area contributed by atoms with E-state index in [1.807, 2.05) is 31.3 Å². The van der Waals surface area contributed by atoms with Crippen molar-refractivity contribution in [2.24, 2.45) is 0 Å². The van der Waals surface area contributed by atoms with Gasteiger partial charge in [-0.15, -0.1) is 0 Å². The van der Waals surface area contributed by atoms with Crippen molar-refractivity contribution in [1.82, 2.24) is 10.2 Å². The molecule has 2 N–H and O–H groups in total. The van der Waals surface area contributed by atoms with E-state index in [0.717, 1.165) is 5.69 Å². The summed E-state index contributed by atoms with van der Waals surface area (Å²) in [7, 11) is 5.13. The highest BCUT2D eigenvalue weighted by atomic mass is 16.5. The molecule has 2 heterocycles. The zero-order valence-electron chi connectivity index (χ0n) is 17.4. The van der Waals surface area contributed by atoms with Gasteiger partial charge in [0.05, 0.1) is 31.2 Å². The average molecular weight is 410 g/mol. The standard InChI is InChI=1S/C22H26N4O4/c1-25-18-7-5-4-6-16(18)20(27)24-22(25)10-12-26(13-11-22)21(28)23-17-9-8-15(29-2)14-19(17)30-3/h4-9,14H,10-13H2,1-3H3,(H,23,28)(H,24,27). The largest absolute Gasteiger partial charge is 0.497 e. The highest BCUT2D eigenvalue weighted by molar-refractivity contribution is 6.02. The monoisotopic (exact) mass is 410 g/mol. The Bertz CT molecular complexity index is 969. The smallest absolute Gasteiger partial charge is 0.321 e. The number of piperidine rings is 1. The maximum atomic E-state index is 12.8. The molecule has 0 bridgehead atoms. The van der Waals surface area contributed by atoms with Crippen LogP contribution in [-0.4, -0.2) is 56.9 Å². The van der Waals surface area contributed by atoms with Gasteiger partial charge >= 0.3 is 6.03 Å². The van der Waals surface area contributed by atoms with Crippen LogP contribution < -0.4 is 25.0 Å². The average Bonchev–Trinajstić information content (AvgIpc) is 2.78. The summed E-state index contributed by atoms with van der Waals surface area (Å²) < 4.78 is 10.6. The minimum Gasteiger partial charge on any atom is -0.497 e. The number of nitrogens with zero attached hydrogens (tertiary/aromatic N) is 2. The Morgan fingerprint density at radius 1 is 1.10 bits per heavy atom. The molecule has 158 valence electrons. The van der Waals surface area contributed by atoms with Crippen molar-refractivity contribution in [2.75, 3.05) is 44.6 Å². The molecule has 2 aromatic carbocycles. The van der Waals surface area contributed by atoms with Crippen molar-refractivity contribution in [3.63, 3.8) is 0 Å². The number of rotatable bonds is 3. The van der Waals surface area contributed by atoms with Gasteiger partial charge in [-0.2, -0.15) is 0 Å². The molecule has 4 rings (SSSR count). The lowest BCUT2D eigenvalue weighted by Gasteiger charge is -2.51. The van der Waals surface area contributed by atoms with E-state index >= 15 is 0 Å². The Hall–Kier alpha value is -3.42. The molecule has 1 saturated heterocycles. The van der Waals surface area contributed by atoms with Gasteiger partial charge in [-0.3, -0.25) is 4.79 Å². The molecular formula is C22H26N4O4. The Morgan fingerprint density at radius 2 is 1.83 bits per heavy atom. The second kappa shape index (κ2) is 7.78. The minimum atomic E-state index is -0.486. The van der Waals surface area contributed by atoms with Crippen molar-refractivity contribution in [3.05, 3.63) is 48.0 Å². The van der Waals surface area contributed by atoms with Crippen LogP contribution in [-0.2, 0) is 0 Å². The number of para-hydroxylation sites is 1. The Morgan fingerprint density at radius 3 is 2.53 bits per heavy atom. The quantitative estimate of drug-likeness (QED) is 0.813. The SMILES string of the molecule is COc1ccc(NC(=O)N2CCC3(CC2)NC(=O)c2ccccc2N3C)c(OC)c1. The minimum absolute atomic E-state index is 0.0652. The third kappa shape index (κ3) is 3.38. The Balaban J connectivity index is 1.45. The number of hydrogen-bond donors (Lipinski definition) is 2. The first-order valence-corrected chi connectivity index (χ1v) is 9.91. The fraction of sp³-hybridized carbons (Fsp3) is 0.364. The van der Waals surface area contributed by atoms with E-state index in [2.05, 4.69) is 15.5 Å². The third-order valence-corrected chi connectivity index (χ3v) is 6.03. The first-order chi connectivity index (χ1) is 14.5. The third-order valence-electron chi connectivity index (χ3n) is 6.03. The zero-order valence-corrected chi connectivity index (χ0v) is 17.4. The second-order valence-electron chi connectivity index (χ2n) is 7.55. The highest BCUT2D eigenvalue weighted by Crippen LogP contribution is 2.36. The van der Waals surface area contributed by atoms with Gasteiger partial charge in [0.15, 0.2) is 0 Å². The maximum Gasteiger partial charge on any atom is 0.321 e. The fourth-order valence-electron chi connectivity index (χ4n) is 4.19. The molecule has 2 aliphatic heterocycles. The van der Waals surface area contributed by atoms with Gasteiger partial charge in [0.1, 0.15) is 17.2 Å². The number of ether oxygens (including phenoxy) is 2. The van der Waals surface area contributed by atoms with Gasteiger partial charge in [0, 0.05) is 39.0 Å². The summed E-state index contributed by atoms with van der Waals surface area (Å²) in [6, 6.07) is 12.7. The predicted molar refractivity (Wildman–Crippen MR) is 114 cm³/mol. The lowest BCUT2D eigenvalue weighted by atomic mass is 9.90. The molecule has 30 heavy (non-hydrogen) atoms. The molecule has 0 radical (unpaired) electrons. The van der Waals surface area contributed by atoms with Crippen LogP contribution in [0.4, 0.5) is 16.2 Å². The molecule has 8 nitrogen and oxygen atoms in total. The first-order valence-electron chi connectivity index (χ1n) is 9.91. The van der Waals surface area contributed by atoms with E-state index < -0.39 is 5.66 Å². The van der Waals surface area contributed by atoms with Crippen molar-refractivity contribution < 1.29 is 19.1 Å². The molecule has 3 amide bonds.